The lowest BCUT2D eigenvalue weighted by molar-refractivity contribution is 0.222. The van der Waals surface area contributed by atoms with Gasteiger partial charge in [0.15, 0.2) is 0 Å². The van der Waals surface area contributed by atoms with Crippen LogP contribution in [-0.2, 0) is 0 Å². The molecule has 1 unspecified atom stereocenters. The van der Waals surface area contributed by atoms with Crippen LogP contribution in [-0.4, -0.2) is 14.7 Å². The molecule has 0 radical (unpaired) electrons. The molecule has 3 aromatic rings. The second-order valence-corrected chi connectivity index (χ2v) is 5.02. The van der Waals surface area contributed by atoms with Crippen molar-refractivity contribution < 1.29 is 5.11 Å². The Hall–Kier alpha value is -1.55. The molecule has 1 atom stereocenters. The lowest BCUT2D eigenvalue weighted by Gasteiger charge is -2.10. The van der Waals surface area contributed by atoms with Crippen molar-refractivity contribution in [3.05, 3.63) is 70.0 Å². The minimum absolute atomic E-state index is 0.426. The molecule has 0 aliphatic heterocycles. The van der Waals surface area contributed by atoms with Crippen LogP contribution in [0.4, 0.5) is 0 Å². The van der Waals surface area contributed by atoms with Gasteiger partial charge in [-0.25, -0.2) is 4.52 Å². The average Bonchev–Trinajstić information content (AvgIpc) is 2.85. The van der Waals surface area contributed by atoms with E-state index in [-0.39, 0.29) is 0 Å². The van der Waals surface area contributed by atoms with E-state index >= 15 is 0 Å². The van der Waals surface area contributed by atoms with Crippen LogP contribution >= 0.6 is 23.2 Å². The Kier molecular flexibility index (Phi) is 3.19. The first-order valence-electron chi connectivity index (χ1n) is 5.72. The average molecular weight is 293 g/mol. The number of aromatic nitrogens is 2. The molecule has 0 saturated carbocycles. The molecule has 19 heavy (non-hydrogen) atoms. The summed E-state index contributed by atoms with van der Waals surface area (Å²) in [5, 5.41) is 15.5. The van der Waals surface area contributed by atoms with Gasteiger partial charge in [-0.05, 0) is 29.8 Å². The number of benzene rings is 1. The Bertz CT molecular complexity index is 739. The van der Waals surface area contributed by atoms with Gasteiger partial charge in [-0.2, -0.15) is 5.10 Å². The molecule has 0 amide bonds. The number of hydrogen-bond acceptors (Lipinski definition) is 2. The van der Waals surface area contributed by atoms with Crippen LogP contribution in [0.1, 0.15) is 17.2 Å². The molecule has 2 aromatic heterocycles. The van der Waals surface area contributed by atoms with E-state index in [1.165, 1.54) is 0 Å². The van der Waals surface area contributed by atoms with Crippen LogP contribution < -0.4 is 0 Å². The van der Waals surface area contributed by atoms with E-state index in [9.17, 15) is 5.11 Å². The van der Waals surface area contributed by atoms with Gasteiger partial charge in [0.05, 0.1) is 21.8 Å². The number of fused-ring (bicyclic) bond motifs is 1. The highest BCUT2D eigenvalue weighted by Crippen LogP contribution is 2.30. The second-order valence-electron chi connectivity index (χ2n) is 4.21. The highest BCUT2D eigenvalue weighted by Gasteiger charge is 2.16. The smallest absolute Gasteiger partial charge is 0.108 e. The van der Waals surface area contributed by atoms with Crippen LogP contribution in [0.3, 0.4) is 0 Å². The number of nitrogens with zero attached hydrogens (tertiary/aromatic N) is 2. The molecule has 3 rings (SSSR count). The number of rotatable bonds is 2. The SMILES string of the molecule is OC(c1ccc(Cl)c(Cl)c1)c1cnn2ccccc12. The van der Waals surface area contributed by atoms with Crippen LogP contribution in [0.5, 0.6) is 0 Å². The zero-order chi connectivity index (χ0) is 13.4. The lowest BCUT2D eigenvalue weighted by Crippen LogP contribution is -1.99. The van der Waals surface area contributed by atoms with Gasteiger partial charge in [-0.15, -0.1) is 0 Å². The van der Waals surface area contributed by atoms with Crippen molar-refractivity contribution in [2.24, 2.45) is 0 Å². The molecular formula is C14H10Cl2N2O. The zero-order valence-corrected chi connectivity index (χ0v) is 11.3. The van der Waals surface area contributed by atoms with Crippen LogP contribution in [0.25, 0.3) is 5.52 Å². The standard InChI is InChI=1S/C14H10Cl2N2O/c15-11-5-4-9(7-12(11)16)14(19)10-8-17-18-6-2-1-3-13(10)18/h1-8,14,19H. The van der Waals surface area contributed by atoms with E-state index in [4.69, 9.17) is 23.2 Å². The van der Waals surface area contributed by atoms with Crippen molar-refractivity contribution in [1.82, 2.24) is 9.61 Å². The van der Waals surface area contributed by atoms with Crippen LogP contribution in [0.2, 0.25) is 10.0 Å². The van der Waals surface area contributed by atoms with E-state index in [0.29, 0.717) is 15.6 Å². The predicted octanol–water partition coefficient (Wildman–Crippen LogP) is 3.72. The molecule has 96 valence electrons. The van der Waals surface area contributed by atoms with Gasteiger partial charge >= 0.3 is 0 Å². The minimum atomic E-state index is -0.783. The quantitative estimate of drug-likeness (QED) is 0.782. The Morgan fingerprint density at radius 3 is 2.74 bits per heavy atom. The van der Waals surface area contributed by atoms with Crippen LogP contribution in [0.15, 0.2) is 48.8 Å². The van der Waals surface area contributed by atoms with Crippen molar-refractivity contribution in [2.45, 2.75) is 6.10 Å². The van der Waals surface area contributed by atoms with E-state index in [2.05, 4.69) is 5.10 Å². The van der Waals surface area contributed by atoms with Crippen molar-refractivity contribution in [1.29, 1.82) is 0 Å². The molecule has 1 aromatic carbocycles. The third-order valence-corrected chi connectivity index (χ3v) is 3.75. The van der Waals surface area contributed by atoms with E-state index in [0.717, 1.165) is 11.1 Å². The van der Waals surface area contributed by atoms with Gasteiger partial charge in [0.1, 0.15) is 6.10 Å². The number of pyridine rings is 1. The maximum absolute atomic E-state index is 10.4. The molecule has 0 saturated heterocycles. The van der Waals surface area contributed by atoms with Gasteiger partial charge in [-0.1, -0.05) is 35.3 Å². The third kappa shape index (κ3) is 2.21. The lowest BCUT2D eigenvalue weighted by atomic mass is 10.0. The highest BCUT2D eigenvalue weighted by molar-refractivity contribution is 6.42. The summed E-state index contributed by atoms with van der Waals surface area (Å²) in [6, 6.07) is 10.8. The Morgan fingerprint density at radius 1 is 1.11 bits per heavy atom. The summed E-state index contributed by atoms with van der Waals surface area (Å²) in [4.78, 5) is 0. The third-order valence-electron chi connectivity index (χ3n) is 3.01. The number of hydrogen-bond donors (Lipinski definition) is 1. The summed E-state index contributed by atoms with van der Waals surface area (Å²) in [6.45, 7) is 0. The monoisotopic (exact) mass is 292 g/mol. The van der Waals surface area contributed by atoms with E-state index in [1.54, 1.807) is 28.9 Å². The molecule has 0 aliphatic carbocycles. The second kappa shape index (κ2) is 4.85. The molecule has 0 spiro atoms. The maximum atomic E-state index is 10.4. The van der Waals surface area contributed by atoms with E-state index < -0.39 is 6.10 Å². The molecule has 2 heterocycles. The molecule has 0 fully saturated rings. The fourth-order valence-corrected chi connectivity index (χ4v) is 2.33. The number of aliphatic hydroxyl groups is 1. The van der Waals surface area contributed by atoms with Gasteiger partial charge in [0.2, 0.25) is 0 Å². The zero-order valence-electron chi connectivity index (χ0n) is 9.79. The number of aliphatic hydroxyl groups excluding tert-OH is 1. The Balaban J connectivity index is 2.08. The van der Waals surface area contributed by atoms with Crippen molar-refractivity contribution in [3.8, 4) is 0 Å². The van der Waals surface area contributed by atoms with Crippen LogP contribution in [0, 0.1) is 0 Å². The summed E-state index contributed by atoms with van der Waals surface area (Å²) in [5.74, 6) is 0. The summed E-state index contributed by atoms with van der Waals surface area (Å²) in [6.07, 6.45) is 2.71. The normalized spacial score (nSPS) is 12.8. The predicted molar refractivity (Wildman–Crippen MR) is 75.7 cm³/mol. The molecule has 0 bridgehead atoms. The van der Waals surface area contributed by atoms with Gasteiger partial charge in [-0.3, -0.25) is 0 Å². The highest BCUT2D eigenvalue weighted by atomic mass is 35.5. The Labute approximate surface area is 120 Å². The maximum Gasteiger partial charge on any atom is 0.108 e. The van der Waals surface area contributed by atoms with Gasteiger partial charge in [0.25, 0.3) is 0 Å². The largest absolute Gasteiger partial charge is 0.384 e. The molecule has 1 N–H and O–H groups in total. The summed E-state index contributed by atoms with van der Waals surface area (Å²) < 4.78 is 1.72. The molecular weight excluding hydrogens is 283 g/mol. The summed E-state index contributed by atoms with van der Waals surface area (Å²) >= 11 is 11.8. The van der Waals surface area contributed by atoms with Crippen molar-refractivity contribution in [3.63, 3.8) is 0 Å². The first-order valence-corrected chi connectivity index (χ1v) is 6.47. The van der Waals surface area contributed by atoms with Gasteiger partial charge < -0.3 is 5.11 Å². The Morgan fingerprint density at radius 2 is 1.95 bits per heavy atom. The first kappa shape index (κ1) is 12.5. The summed E-state index contributed by atoms with van der Waals surface area (Å²) in [7, 11) is 0. The number of halogens is 2. The summed E-state index contributed by atoms with van der Waals surface area (Å²) in [5.41, 5.74) is 2.29. The molecule has 5 heteroatoms. The van der Waals surface area contributed by atoms with Crippen molar-refractivity contribution in [2.75, 3.05) is 0 Å². The minimum Gasteiger partial charge on any atom is -0.384 e. The fraction of sp³-hybridized carbons (Fsp3) is 0.0714. The first-order chi connectivity index (χ1) is 9.16. The fourth-order valence-electron chi connectivity index (χ4n) is 2.03. The van der Waals surface area contributed by atoms with Crippen molar-refractivity contribution >= 4 is 28.7 Å². The van der Waals surface area contributed by atoms with E-state index in [1.807, 2.05) is 24.4 Å². The topological polar surface area (TPSA) is 37.5 Å². The van der Waals surface area contributed by atoms with Gasteiger partial charge in [0, 0.05) is 11.8 Å². The molecule has 0 aliphatic rings. The molecule has 3 nitrogen and oxygen atoms in total.